The molecule has 2 N–H and O–H groups in total. The largest absolute Gasteiger partial charge is 0.731 e. The monoisotopic (exact) mass is 749 g/mol. The Morgan fingerprint density at radius 2 is 1.69 bits per heavy atom. The molecule has 3 amide bonds. The molecule has 1 aliphatic rings. The first-order valence-corrected chi connectivity index (χ1v) is 17.6. The number of oxime groups is 1. The summed E-state index contributed by atoms with van der Waals surface area (Å²) in [5, 5.41) is 18.1. The Kier molecular flexibility index (Phi) is 10.9. The van der Waals surface area contributed by atoms with Gasteiger partial charge in [-0.15, -0.1) is 16.4 Å². The van der Waals surface area contributed by atoms with Crippen molar-refractivity contribution >= 4 is 56.4 Å². The van der Waals surface area contributed by atoms with Crippen molar-refractivity contribution in [3.8, 4) is 11.3 Å². The Bertz CT molecular complexity index is 1940. The third kappa shape index (κ3) is 10.0. The zero-order valence-corrected chi connectivity index (χ0v) is 31.0. The van der Waals surface area contributed by atoms with Crippen LogP contribution in [0.2, 0.25) is 0 Å². The number of hydrogen-bond acceptors (Lipinski definition) is 15. The molecule has 3 aromatic rings. The van der Waals surface area contributed by atoms with Gasteiger partial charge in [0.15, 0.2) is 33.5 Å². The lowest BCUT2D eigenvalue weighted by Gasteiger charge is -2.47. The van der Waals surface area contributed by atoms with Crippen LogP contribution in [-0.4, -0.2) is 95.7 Å². The fourth-order valence-corrected chi connectivity index (χ4v) is 5.89. The molecule has 3 aromatic heterocycles. The first kappa shape index (κ1) is 38.8. The minimum absolute atomic E-state index is 0.00142. The predicted octanol–water partition coefficient (Wildman–Crippen LogP) is 1.27. The molecule has 0 bridgehead atoms. The van der Waals surface area contributed by atoms with Gasteiger partial charge in [0.05, 0.1) is 18.8 Å². The van der Waals surface area contributed by atoms with E-state index < -0.39 is 68.8 Å². The highest BCUT2D eigenvalue weighted by atomic mass is 32.2. The lowest BCUT2D eigenvalue weighted by Crippen LogP contribution is -2.73. The van der Waals surface area contributed by atoms with Gasteiger partial charge in [0.25, 0.3) is 11.8 Å². The van der Waals surface area contributed by atoms with Gasteiger partial charge in [-0.2, -0.15) is 0 Å². The van der Waals surface area contributed by atoms with E-state index in [0.29, 0.717) is 11.3 Å². The first-order chi connectivity index (χ1) is 23.4. The molecular formula is C30H39N9O10S2. The van der Waals surface area contributed by atoms with Crippen molar-refractivity contribution in [1.29, 1.82) is 0 Å². The Hall–Kier alpha value is -5.02. The highest BCUT2D eigenvalue weighted by Gasteiger charge is 2.52. The SMILES string of the molecule is C[n+]1ccc(-c2cn(C[C@@H]3[C@H](NC(=O)C(=NOC(C)(C)C(=O)OC(C)(C)C)c4csc(NC(=O)OC(C)(C)C)n4)C(=O)N3S(=O)(=O)[O-])nn2)cc1. The second kappa shape index (κ2) is 14.3. The molecule has 0 aromatic carbocycles. The van der Waals surface area contributed by atoms with Gasteiger partial charge in [-0.3, -0.25) is 14.9 Å². The molecule has 1 aliphatic heterocycles. The second-order valence-electron chi connectivity index (χ2n) is 13.9. The van der Waals surface area contributed by atoms with Crippen LogP contribution in [0.15, 0.2) is 41.3 Å². The molecule has 4 heterocycles. The number of ether oxygens (including phenoxy) is 2. The quantitative estimate of drug-likeness (QED) is 0.0702. The van der Waals surface area contributed by atoms with Gasteiger partial charge in [0, 0.05) is 23.1 Å². The Morgan fingerprint density at radius 1 is 1.06 bits per heavy atom. The molecule has 0 saturated carbocycles. The van der Waals surface area contributed by atoms with Gasteiger partial charge in [-0.25, -0.2) is 36.5 Å². The van der Waals surface area contributed by atoms with E-state index in [4.69, 9.17) is 14.3 Å². The summed E-state index contributed by atoms with van der Waals surface area (Å²) >= 11 is 0.897. The summed E-state index contributed by atoms with van der Waals surface area (Å²) in [5.41, 5.74) is -3.01. The highest BCUT2D eigenvalue weighted by molar-refractivity contribution is 7.84. The maximum Gasteiger partial charge on any atom is 0.413 e. The molecule has 0 unspecified atom stereocenters. The fourth-order valence-electron chi connectivity index (χ4n) is 4.36. The Balaban J connectivity index is 1.62. The molecule has 51 heavy (non-hydrogen) atoms. The summed E-state index contributed by atoms with van der Waals surface area (Å²) in [5.74, 6) is -3.11. The van der Waals surface area contributed by atoms with Crippen LogP contribution in [0.3, 0.4) is 0 Å². The third-order valence-electron chi connectivity index (χ3n) is 6.71. The van der Waals surface area contributed by atoms with E-state index in [9.17, 15) is 32.1 Å². The van der Waals surface area contributed by atoms with E-state index in [0.717, 1.165) is 11.3 Å². The summed E-state index contributed by atoms with van der Waals surface area (Å²) in [6, 6.07) is 0.594. The summed E-state index contributed by atoms with van der Waals surface area (Å²) in [6.07, 6.45) is 4.23. The molecule has 4 rings (SSSR count). The van der Waals surface area contributed by atoms with Crippen molar-refractivity contribution in [3.05, 3.63) is 41.8 Å². The Labute approximate surface area is 297 Å². The zero-order valence-electron chi connectivity index (χ0n) is 29.4. The van der Waals surface area contributed by atoms with Crippen LogP contribution < -0.4 is 15.2 Å². The number of pyridine rings is 1. The van der Waals surface area contributed by atoms with E-state index in [2.05, 4.69) is 31.1 Å². The smallest absolute Gasteiger partial charge is 0.413 e. The minimum Gasteiger partial charge on any atom is -0.731 e. The molecule has 1 fully saturated rings. The second-order valence-corrected chi connectivity index (χ2v) is 16.0. The van der Waals surface area contributed by atoms with Gasteiger partial charge >= 0.3 is 12.1 Å². The molecular weight excluding hydrogens is 711 g/mol. The number of aromatic nitrogens is 5. The number of carbonyl (C=O) groups excluding carboxylic acids is 4. The molecule has 276 valence electrons. The average molecular weight is 750 g/mol. The summed E-state index contributed by atoms with van der Waals surface area (Å²) < 4.78 is 50.0. The van der Waals surface area contributed by atoms with Gasteiger partial charge in [0.2, 0.25) is 5.60 Å². The van der Waals surface area contributed by atoms with Crippen molar-refractivity contribution < 1.29 is 51.0 Å². The van der Waals surface area contributed by atoms with E-state index >= 15 is 0 Å². The number of nitrogens with one attached hydrogen (secondary N) is 2. The molecule has 0 spiro atoms. The first-order valence-electron chi connectivity index (χ1n) is 15.3. The van der Waals surface area contributed by atoms with Crippen LogP contribution in [0.1, 0.15) is 61.1 Å². The maximum atomic E-state index is 13.8. The topological polar surface area (TPSA) is 240 Å². The van der Waals surface area contributed by atoms with E-state index in [1.165, 1.54) is 30.1 Å². The number of amides is 3. The van der Waals surface area contributed by atoms with Crippen molar-refractivity contribution in [1.82, 2.24) is 29.6 Å². The van der Waals surface area contributed by atoms with Crippen LogP contribution in [0.4, 0.5) is 9.93 Å². The molecule has 0 radical (unpaired) electrons. The predicted molar refractivity (Wildman–Crippen MR) is 178 cm³/mol. The van der Waals surface area contributed by atoms with Gasteiger partial charge in [-0.1, -0.05) is 10.4 Å². The van der Waals surface area contributed by atoms with E-state index in [1.807, 2.05) is 11.6 Å². The molecule has 1 saturated heterocycles. The van der Waals surface area contributed by atoms with Gasteiger partial charge < -0.3 is 24.2 Å². The zero-order chi connectivity index (χ0) is 38.1. The fraction of sp³-hybridized carbons (Fsp3) is 0.500. The third-order valence-corrected chi connectivity index (χ3v) is 8.40. The standard InChI is InChI=1S/C30H39N9O10S2/c1-28(2,3)47-25(42)30(7,8)49-35-21(19-16-50-26(31-19)33-27(43)48-29(4,5)6)23(40)32-22-20(39(24(22)41)51(44,45)46)15-38-14-18(34-36-38)17-10-12-37(9)13-11-17/h10-14,16,20,22H,15H2,1-9H3,(H2-,31,32,33,40,43,44,45,46)/t20-,22+/m1/s1. The Morgan fingerprint density at radius 3 is 2.27 bits per heavy atom. The molecule has 19 nitrogen and oxygen atoms in total. The normalized spacial score (nSPS) is 17.0. The number of anilines is 1. The van der Waals surface area contributed by atoms with Crippen LogP contribution in [0.25, 0.3) is 11.3 Å². The lowest BCUT2D eigenvalue weighted by molar-refractivity contribution is -0.671. The minimum atomic E-state index is -5.30. The van der Waals surface area contributed by atoms with Crippen molar-refractivity contribution in [3.63, 3.8) is 0 Å². The molecule has 0 aliphatic carbocycles. The number of hydrogen-bond donors (Lipinski definition) is 2. The highest BCUT2D eigenvalue weighted by Crippen LogP contribution is 2.27. The number of carbonyl (C=O) groups is 4. The summed E-state index contributed by atoms with van der Waals surface area (Å²) in [7, 11) is -3.47. The summed E-state index contributed by atoms with van der Waals surface area (Å²) in [6.45, 7) is 12.3. The number of β-lactam (4-membered cyclic amide) rings is 1. The van der Waals surface area contributed by atoms with Crippen LogP contribution in [0.5, 0.6) is 0 Å². The van der Waals surface area contributed by atoms with Gasteiger partial charge in [-0.05, 0) is 55.4 Å². The van der Waals surface area contributed by atoms with Gasteiger partial charge in [0.1, 0.15) is 35.7 Å². The number of thiazole rings is 1. The molecule has 2 atom stereocenters. The van der Waals surface area contributed by atoms with E-state index in [-0.39, 0.29) is 21.7 Å². The summed E-state index contributed by atoms with van der Waals surface area (Å²) in [4.78, 5) is 61.6. The lowest BCUT2D eigenvalue weighted by atomic mass is 9.98. The number of rotatable bonds is 11. The molecule has 21 heteroatoms. The number of esters is 1. The van der Waals surface area contributed by atoms with Crippen molar-refractivity contribution in [2.75, 3.05) is 5.32 Å². The van der Waals surface area contributed by atoms with Crippen molar-refractivity contribution in [2.24, 2.45) is 12.2 Å². The van der Waals surface area contributed by atoms with Crippen LogP contribution in [-0.2, 0) is 52.6 Å². The van der Waals surface area contributed by atoms with E-state index in [1.54, 1.807) is 66.1 Å². The van der Waals surface area contributed by atoms with Crippen LogP contribution in [0, 0.1) is 0 Å². The maximum absolute atomic E-state index is 13.8. The number of nitrogens with zero attached hydrogens (tertiary/aromatic N) is 7. The number of aryl methyl sites for hydroxylation is 1. The van der Waals surface area contributed by atoms with Crippen molar-refractivity contribution in [2.45, 2.75) is 90.8 Å². The average Bonchev–Trinajstić information content (AvgIpc) is 3.63. The van der Waals surface area contributed by atoms with Crippen LogP contribution >= 0.6 is 11.3 Å².